The van der Waals surface area contributed by atoms with Crippen LogP contribution in [-0.4, -0.2) is 22.6 Å². The lowest BCUT2D eigenvalue weighted by molar-refractivity contribution is -0.384. The third-order valence-corrected chi connectivity index (χ3v) is 5.16. The van der Waals surface area contributed by atoms with E-state index in [4.69, 9.17) is 9.47 Å². The van der Waals surface area contributed by atoms with Gasteiger partial charge in [0.2, 0.25) is 0 Å². The van der Waals surface area contributed by atoms with Crippen LogP contribution in [0.25, 0.3) is 10.8 Å². The molecular formula is C23H19NO6. The fourth-order valence-electron chi connectivity index (χ4n) is 3.88. The van der Waals surface area contributed by atoms with Crippen molar-refractivity contribution in [3.63, 3.8) is 0 Å². The molecule has 0 amide bonds. The van der Waals surface area contributed by atoms with E-state index in [1.54, 1.807) is 32.0 Å². The third kappa shape index (κ3) is 3.14. The Hall–Kier alpha value is -3.87. The van der Waals surface area contributed by atoms with Gasteiger partial charge in [0.1, 0.15) is 5.76 Å². The molecule has 1 aliphatic heterocycles. The van der Waals surface area contributed by atoms with Crippen LogP contribution in [0.4, 0.5) is 5.69 Å². The molecule has 30 heavy (non-hydrogen) atoms. The maximum absolute atomic E-state index is 12.9. The summed E-state index contributed by atoms with van der Waals surface area (Å²) in [6.45, 7) is 3.55. The molecule has 1 atom stereocenters. The van der Waals surface area contributed by atoms with Crippen molar-refractivity contribution in [3.05, 3.63) is 87.2 Å². The van der Waals surface area contributed by atoms with Gasteiger partial charge >= 0.3 is 5.97 Å². The summed E-state index contributed by atoms with van der Waals surface area (Å²) >= 11 is 0. The highest BCUT2D eigenvalue weighted by atomic mass is 16.6. The smallest absolute Gasteiger partial charge is 0.338 e. The van der Waals surface area contributed by atoms with Crippen LogP contribution in [0.15, 0.2) is 65.9 Å². The second-order valence-corrected chi connectivity index (χ2v) is 6.93. The molecule has 0 radical (unpaired) electrons. The Morgan fingerprint density at radius 2 is 1.90 bits per heavy atom. The molecular weight excluding hydrogens is 386 g/mol. The molecule has 0 fully saturated rings. The minimum atomic E-state index is -0.620. The number of esters is 1. The number of nitrogens with zero attached hydrogens (tertiary/aromatic N) is 1. The predicted molar refractivity (Wildman–Crippen MR) is 111 cm³/mol. The van der Waals surface area contributed by atoms with Gasteiger partial charge in [-0.25, -0.2) is 4.79 Å². The summed E-state index contributed by atoms with van der Waals surface area (Å²) in [4.78, 5) is 23.5. The normalized spacial score (nSPS) is 15.5. The van der Waals surface area contributed by atoms with Crippen molar-refractivity contribution >= 4 is 22.4 Å². The van der Waals surface area contributed by atoms with Gasteiger partial charge in [0, 0.05) is 23.6 Å². The van der Waals surface area contributed by atoms with Crippen LogP contribution in [0.2, 0.25) is 0 Å². The second-order valence-electron chi connectivity index (χ2n) is 6.93. The number of phenols is 1. The Morgan fingerprint density at radius 3 is 2.57 bits per heavy atom. The number of benzene rings is 3. The van der Waals surface area contributed by atoms with Gasteiger partial charge in [0.25, 0.3) is 5.69 Å². The summed E-state index contributed by atoms with van der Waals surface area (Å²) in [6, 6.07) is 15.1. The first-order chi connectivity index (χ1) is 14.4. The van der Waals surface area contributed by atoms with Crippen molar-refractivity contribution in [1.29, 1.82) is 0 Å². The highest BCUT2D eigenvalue weighted by Crippen LogP contribution is 2.50. The van der Waals surface area contributed by atoms with E-state index in [9.17, 15) is 20.0 Å². The number of hydrogen-bond donors (Lipinski definition) is 1. The first kappa shape index (κ1) is 19.4. The SMILES string of the molecule is CCOC(=O)C1=C(C)Oc2c(O)cc3ccccc3c2C1c1ccc([N+](=O)[O-])cc1. The van der Waals surface area contributed by atoms with Crippen LogP contribution in [0.1, 0.15) is 30.9 Å². The van der Waals surface area contributed by atoms with E-state index in [1.165, 1.54) is 12.1 Å². The average molecular weight is 405 g/mol. The first-order valence-corrected chi connectivity index (χ1v) is 9.47. The number of nitro groups is 1. The largest absolute Gasteiger partial charge is 0.504 e. The van der Waals surface area contributed by atoms with Crippen molar-refractivity contribution in [2.75, 3.05) is 6.61 Å². The Morgan fingerprint density at radius 1 is 1.20 bits per heavy atom. The molecule has 1 N–H and O–H groups in total. The molecule has 0 bridgehead atoms. The summed E-state index contributed by atoms with van der Waals surface area (Å²) in [6.07, 6.45) is 0. The number of aromatic hydroxyl groups is 1. The van der Waals surface area contributed by atoms with Crippen LogP contribution in [0, 0.1) is 10.1 Å². The molecule has 0 saturated heterocycles. The zero-order chi connectivity index (χ0) is 21.4. The number of carbonyl (C=O) groups is 1. The fraction of sp³-hybridized carbons (Fsp3) is 0.174. The first-order valence-electron chi connectivity index (χ1n) is 9.47. The molecule has 4 rings (SSSR count). The number of hydrogen-bond acceptors (Lipinski definition) is 6. The van der Waals surface area contributed by atoms with Gasteiger partial charge in [0.05, 0.1) is 17.1 Å². The standard InChI is InChI=1S/C23H19NO6/c1-3-29-23(26)19-13(2)30-22-18(25)12-15-6-4-5-7-17(15)21(22)20(19)14-8-10-16(11-9-14)24(27)28/h4-12,20,25H,3H2,1-2H3. The number of nitro benzene ring substituents is 1. The van der Waals surface area contributed by atoms with E-state index in [1.807, 2.05) is 24.3 Å². The van der Waals surface area contributed by atoms with E-state index in [0.29, 0.717) is 22.5 Å². The number of phenolic OH excluding ortho intramolecular Hbond substituents is 1. The Labute approximate surface area is 172 Å². The number of non-ortho nitro benzene ring substituents is 1. The predicted octanol–water partition coefficient (Wildman–Crippen LogP) is 4.82. The summed E-state index contributed by atoms with van der Waals surface area (Å²) < 4.78 is 11.2. The number of carbonyl (C=O) groups excluding carboxylic acids is 1. The molecule has 0 aliphatic carbocycles. The van der Waals surface area contributed by atoms with Crippen molar-refractivity contribution in [2.24, 2.45) is 0 Å². The lowest BCUT2D eigenvalue weighted by Crippen LogP contribution is -2.23. The Bertz CT molecular complexity index is 1200. The van der Waals surface area contributed by atoms with E-state index in [2.05, 4.69) is 0 Å². The van der Waals surface area contributed by atoms with Crippen LogP contribution in [-0.2, 0) is 9.53 Å². The summed E-state index contributed by atoms with van der Waals surface area (Å²) in [5, 5.41) is 23.3. The van der Waals surface area contributed by atoms with Crippen molar-refractivity contribution in [2.45, 2.75) is 19.8 Å². The maximum Gasteiger partial charge on any atom is 0.338 e. The molecule has 7 heteroatoms. The number of fused-ring (bicyclic) bond motifs is 3. The van der Waals surface area contributed by atoms with E-state index >= 15 is 0 Å². The van der Waals surface area contributed by atoms with Gasteiger partial charge in [-0.05, 0) is 36.2 Å². The molecule has 1 heterocycles. The molecule has 0 aromatic heterocycles. The van der Waals surface area contributed by atoms with E-state index in [0.717, 1.165) is 10.8 Å². The van der Waals surface area contributed by atoms with Crippen LogP contribution in [0.5, 0.6) is 11.5 Å². The quantitative estimate of drug-likeness (QED) is 0.380. The minimum absolute atomic E-state index is 0.0436. The Kier molecular flexibility index (Phi) is 4.87. The van der Waals surface area contributed by atoms with Gasteiger partial charge < -0.3 is 14.6 Å². The molecule has 152 valence electrons. The maximum atomic E-state index is 12.9. The van der Waals surface area contributed by atoms with Gasteiger partial charge in [-0.15, -0.1) is 0 Å². The monoisotopic (exact) mass is 405 g/mol. The number of ether oxygens (including phenoxy) is 2. The second kappa shape index (κ2) is 7.51. The third-order valence-electron chi connectivity index (χ3n) is 5.16. The molecule has 0 spiro atoms. The van der Waals surface area contributed by atoms with Crippen LogP contribution in [0.3, 0.4) is 0 Å². The molecule has 7 nitrogen and oxygen atoms in total. The molecule has 1 aliphatic rings. The Balaban J connectivity index is 2.02. The van der Waals surface area contributed by atoms with Crippen molar-refractivity contribution < 1.29 is 24.3 Å². The molecule has 3 aromatic rings. The van der Waals surface area contributed by atoms with E-state index < -0.39 is 16.8 Å². The average Bonchev–Trinajstić information content (AvgIpc) is 2.73. The van der Waals surface area contributed by atoms with Gasteiger partial charge in [-0.2, -0.15) is 0 Å². The van der Waals surface area contributed by atoms with Gasteiger partial charge in [-0.1, -0.05) is 36.4 Å². The van der Waals surface area contributed by atoms with Crippen molar-refractivity contribution in [1.82, 2.24) is 0 Å². The number of rotatable bonds is 4. The van der Waals surface area contributed by atoms with Gasteiger partial charge in [-0.3, -0.25) is 10.1 Å². The topological polar surface area (TPSA) is 98.9 Å². The summed E-state index contributed by atoms with van der Waals surface area (Å²) in [5.74, 6) is -0.614. The minimum Gasteiger partial charge on any atom is -0.504 e. The van der Waals surface area contributed by atoms with E-state index in [-0.39, 0.29) is 23.8 Å². The van der Waals surface area contributed by atoms with Crippen molar-refractivity contribution in [3.8, 4) is 11.5 Å². The fourth-order valence-corrected chi connectivity index (χ4v) is 3.88. The lowest BCUT2D eigenvalue weighted by atomic mass is 9.79. The molecule has 0 saturated carbocycles. The van der Waals surface area contributed by atoms with Crippen LogP contribution >= 0.6 is 0 Å². The zero-order valence-corrected chi connectivity index (χ0v) is 16.4. The lowest BCUT2D eigenvalue weighted by Gasteiger charge is -2.30. The summed E-state index contributed by atoms with van der Waals surface area (Å²) in [5.41, 5.74) is 1.52. The highest BCUT2D eigenvalue weighted by molar-refractivity contribution is 5.98. The van der Waals surface area contributed by atoms with Crippen LogP contribution < -0.4 is 4.74 Å². The number of allylic oxidation sites excluding steroid dienone is 1. The zero-order valence-electron chi connectivity index (χ0n) is 16.4. The van der Waals surface area contributed by atoms with Gasteiger partial charge in [0.15, 0.2) is 11.5 Å². The molecule has 3 aromatic carbocycles. The summed E-state index contributed by atoms with van der Waals surface area (Å²) in [7, 11) is 0. The molecule has 1 unspecified atom stereocenters. The highest BCUT2D eigenvalue weighted by Gasteiger charge is 2.37.